The second-order valence-corrected chi connectivity index (χ2v) is 8.83. The van der Waals surface area contributed by atoms with Gasteiger partial charge in [-0.2, -0.15) is 0 Å². The molecule has 1 unspecified atom stereocenters. The number of amides is 1. The number of nitrogens with zero attached hydrogens (tertiary/aromatic N) is 5. The third-order valence-electron chi connectivity index (χ3n) is 6.33. The Balaban J connectivity index is 1.29. The molecule has 2 aromatic carbocycles. The Morgan fingerprint density at radius 3 is 2.41 bits per heavy atom. The number of tetrazole rings is 1. The molecule has 0 bridgehead atoms. The number of benzene rings is 2. The maximum atomic E-state index is 13.1. The third kappa shape index (κ3) is 5.79. The van der Waals surface area contributed by atoms with E-state index < -0.39 is 6.04 Å². The van der Waals surface area contributed by atoms with Crippen LogP contribution in [0.3, 0.4) is 0 Å². The largest absolute Gasteiger partial charge is 0.354 e. The number of nitrogens with one attached hydrogen (secondary N) is 1. The highest BCUT2D eigenvalue weighted by Gasteiger charge is 2.26. The van der Waals surface area contributed by atoms with E-state index in [1.54, 1.807) is 4.68 Å². The summed E-state index contributed by atoms with van der Waals surface area (Å²) in [6.07, 6.45) is 2.76. The number of carbonyl (C=O) groups is 1. The van der Waals surface area contributed by atoms with Crippen LogP contribution in [0, 0.1) is 19.8 Å². The van der Waals surface area contributed by atoms with Crippen molar-refractivity contribution in [2.75, 3.05) is 19.6 Å². The SMILES string of the molecule is Cc1ccc(CN2CCC(CNC(=O)C(Cc3ccccc3)n3nnnc3C)CC2)cc1. The highest BCUT2D eigenvalue weighted by atomic mass is 16.2. The first-order chi connectivity index (χ1) is 15.6. The van der Waals surface area contributed by atoms with Crippen molar-refractivity contribution in [2.45, 2.75) is 45.7 Å². The van der Waals surface area contributed by atoms with E-state index in [4.69, 9.17) is 0 Å². The summed E-state index contributed by atoms with van der Waals surface area (Å²) in [7, 11) is 0. The summed E-state index contributed by atoms with van der Waals surface area (Å²) in [5.74, 6) is 1.12. The Labute approximate surface area is 189 Å². The monoisotopic (exact) mass is 432 g/mol. The first-order valence-electron chi connectivity index (χ1n) is 11.4. The fourth-order valence-corrected chi connectivity index (χ4v) is 4.32. The molecule has 1 aliphatic rings. The third-order valence-corrected chi connectivity index (χ3v) is 6.33. The predicted octanol–water partition coefficient (Wildman–Crippen LogP) is 3.10. The lowest BCUT2D eigenvalue weighted by molar-refractivity contribution is -0.125. The number of piperidine rings is 1. The number of aryl methyl sites for hydroxylation is 2. The molecule has 0 aliphatic carbocycles. The number of likely N-dealkylation sites (tertiary alicyclic amines) is 1. The number of hydrogen-bond acceptors (Lipinski definition) is 5. The van der Waals surface area contributed by atoms with Crippen molar-refractivity contribution in [3.05, 3.63) is 77.1 Å². The van der Waals surface area contributed by atoms with Gasteiger partial charge in [0.1, 0.15) is 11.9 Å². The second kappa shape index (κ2) is 10.5. The maximum Gasteiger partial charge on any atom is 0.245 e. The highest BCUT2D eigenvalue weighted by molar-refractivity contribution is 5.80. The molecule has 32 heavy (non-hydrogen) atoms. The first-order valence-corrected chi connectivity index (χ1v) is 11.4. The van der Waals surface area contributed by atoms with Crippen LogP contribution in [0.25, 0.3) is 0 Å². The Hall–Kier alpha value is -3.06. The zero-order chi connectivity index (χ0) is 22.3. The molecule has 1 fully saturated rings. The molecule has 7 heteroatoms. The second-order valence-electron chi connectivity index (χ2n) is 8.83. The van der Waals surface area contributed by atoms with E-state index in [2.05, 4.69) is 56.9 Å². The van der Waals surface area contributed by atoms with Gasteiger partial charge in [0.25, 0.3) is 0 Å². The molecular weight excluding hydrogens is 400 g/mol. The summed E-state index contributed by atoms with van der Waals surface area (Å²) in [5.41, 5.74) is 3.75. The minimum absolute atomic E-state index is 0.0219. The Morgan fingerprint density at radius 1 is 1.03 bits per heavy atom. The molecule has 0 saturated carbocycles. The zero-order valence-electron chi connectivity index (χ0n) is 18.9. The molecule has 0 radical (unpaired) electrons. The van der Waals surface area contributed by atoms with Crippen LogP contribution in [0.2, 0.25) is 0 Å². The topological polar surface area (TPSA) is 75.9 Å². The van der Waals surface area contributed by atoms with Crippen LogP contribution in [0.1, 0.15) is 41.4 Å². The van der Waals surface area contributed by atoms with Crippen LogP contribution in [0.15, 0.2) is 54.6 Å². The molecule has 7 nitrogen and oxygen atoms in total. The van der Waals surface area contributed by atoms with E-state index in [-0.39, 0.29) is 5.91 Å². The average molecular weight is 433 g/mol. The molecule has 1 atom stereocenters. The van der Waals surface area contributed by atoms with Gasteiger partial charge in [0.05, 0.1) is 0 Å². The zero-order valence-corrected chi connectivity index (χ0v) is 18.9. The van der Waals surface area contributed by atoms with Gasteiger partial charge in [-0.1, -0.05) is 60.2 Å². The molecule has 2 heterocycles. The summed E-state index contributed by atoms with van der Waals surface area (Å²) in [5, 5.41) is 15.0. The first kappa shape index (κ1) is 22.1. The predicted molar refractivity (Wildman–Crippen MR) is 124 cm³/mol. The van der Waals surface area contributed by atoms with E-state index in [0.717, 1.165) is 38.0 Å². The van der Waals surface area contributed by atoms with Crippen molar-refractivity contribution < 1.29 is 4.79 Å². The fourth-order valence-electron chi connectivity index (χ4n) is 4.32. The lowest BCUT2D eigenvalue weighted by Gasteiger charge is -2.32. The molecule has 1 saturated heterocycles. The van der Waals surface area contributed by atoms with Gasteiger partial charge in [0.15, 0.2) is 0 Å². The van der Waals surface area contributed by atoms with Gasteiger partial charge in [-0.15, -0.1) is 5.10 Å². The van der Waals surface area contributed by atoms with Crippen LogP contribution in [-0.4, -0.2) is 50.6 Å². The van der Waals surface area contributed by atoms with Gasteiger partial charge in [0.2, 0.25) is 5.91 Å². The normalized spacial score (nSPS) is 16.1. The lowest BCUT2D eigenvalue weighted by Crippen LogP contribution is -2.41. The van der Waals surface area contributed by atoms with Crippen molar-refractivity contribution in [2.24, 2.45) is 5.92 Å². The molecule has 1 aromatic heterocycles. The molecule has 168 valence electrons. The molecule has 1 amide bonds. The van der Waals surface area contributed by atoms with E-state index in [1.165, 1.54) is 11.1 Å². The average Bonchev–Trinajstić information content (AvgIpc) is 3.24. The molecule has 4 rings (SSSR count). The van der Waals surface area contributed by atoms with Crippen LogP contribution in [0.5, 0.6) is 0 Å². The van der Waals surface area contributed by atoms with Crippen LogP contribution < -0.4 is 5.32 Å². The van der Waals surface area contributed by atoms with Gasteiger partial charge in [0, 0.05) is 19.5 Å². The summed E-state index contributed by atoms with van der Waals surface area (Å²) in [4.78, 5) is 15.6. The van der Waals surface area contributed by atoms with Gasteiger partial charge in [-0.3, -0.25) is 9.69 Å². The molecule has 0 spiro atoms. The standard InChI is InChI=1S/C25H32N6O/c1-19-8-10-23(11-9-19)18-30-14-12-22(13-15-30)17-26-25(32)24(31-20(2)27-28-29-31)16-21-6-4-3-5-7-21/h3-11,22,24H,12-18H2,1-2H3,(H,26,32). The quantitative estimate of drug-likeness (QED) is 0.592. The summed E-state index contributed by atoms with van der Waals surface area (Å²) >= 11 is 0. The van der Waals surface area contributed by atoms with Gasteiger partial charge >= 0.3 is 0 Å². The Morgan fingerprint density at radius 2 is 1.75 bits per heavy atom. The number of aromatic nitrogens is 4. The Bertz CT molecular complexity index is 993. The van der Waals surface area contributed by atoms with Crippen molar-refractivity contribution in [1.29, 1.82) is 0 Å². The lowest BCUT2D eigenvalue weighted by atomic mass is 9.96. The summed E-state index contributed by atoms with van der Waals surface area (Å²) in [6, 6.07) is 18.4. The van der Waals surface area contributed by atoms with E-state index in [0.29, 0.717) is 24.7 Å². The number of hydrogen-bond donors (Lipinski definition) is 1. The van der Waals surface area contributed by atoms with Gasteiger partial charge in [-0.05, 0) is 67.3 Å². The molecular formula is C25H32N6O. The number of rotatable bonds is 8. The van der Waals surface area contributed by atoms with Crippen LogP contribution in [-0.2, 0) is 17.8 Å². The minimum atomic E-state index is -0.450. The van der Waals surface area contributed by atoms with Crippen molar-refractivity contribution in [3.63, 3.8) is 0 Å². The molecule has 1 N–H and O–H groups in total. The van der Waals surface area contributed by atoms with Crippen LogP contribution >= 0.6 is 0 Å². The van der Waals surface area contributed by atoms with E-state index in [1.807, 2.05) is 37.3 Å². The van der Waals surface area contributed by atoms with Crippen molar-refractivity contribution in [1.82, 2.24) is 30.4 Å². The van der Waals surface area contributed by atoms with Crippen molar-refractivity contribution >= 4 is 5.91 Å². The number of carbonyl (C=O) groups excluding carboxylic acids is 1. The maximum absolute atomic E-state index is 13.1. The summed E-state index contributed by atoms with van der Waals surface area (Å²) in [6.45, 7) is 7.77. The van der Waals surface area contributed by atoms with E-state index >= 15 is 0 Å². The van der Waals surface area contributed by atoms with Gasteiger partial charge in [-0.25, -0.2) is 4.68 Å². The Kier molecular flexibility index (Phi) is 7.27. The minimum Gasteiger partial charge on any atom is -0.354 e. The van der Waals surface area contributed by atoms with Crippen LogP contribution in [0.4, 0.5) is 0 Å². The highest BCUT2D eigenvalue weighted by Crippen LogP contribution is 2.20. The molecule has 3 aromatic rings. The van der Waals surface area contributed by atoms with Crippen molar-refractivity contribution in [3.8, 4) is 0 Å². The smallest absolute Gasteiger partial charge is 0.245 e. The van der Waals surface area contributed by atoms with Gasteiger partial charge < -0.3 is 5.32 Å². The fraction of sp³-hybridized carbons (Fsp3) is 0.440. The summed E-state index contributed by atoms with van der Waals surface area (Å²) < 4.78 is 1.63. The van der Waals surface area contributed by atoms with E-state index in [9.17, 15) is 4.79 Å². The molecule has 1 aliphatic heterocycles.